The van der Waals surface area contributed by atoms with Crippen molar-refractivity contribution in [3.8, 4) is 0 Å². The van der Waals surface area contributed by atoms with Gasteiger partial charge in [0.25, 0.3) is 0 Å². The lowest BCUT2D eigenvalue weighted by Gasteiger charge is -2.18. The topological polar surface area (TPSA) is 66.8 Å². The summed E-state index contributed by atoms with van der Waals surface area (Å²) in [4.78, 5) is 23.9. The van der Waals surface area contributed by atoms with Gasteiger partial charge in [0.15, 0.2) is 0 Å². The van der Waals surface area contributed by atoms with Gasteiger partial charge in [-0.3, -0.25) is 9.59 Å². The summed E-state index contributed by atoms with van der Waals surface area (Å²) in [7, 11) is 1.49. The van der Waals surface area contributed by atoms with Crippen LogP contribution in [0.4, 0.5) is 0 Å². The largest absolute Gasteiger partial charge is 0.480 e. The summed E-state index contributed by atoms with van der Waals surface area (Å²) < 4.78 is 4.85. The zero-order valence-corrected chi connectivity index (χ0v) is 11.8. The molecule has 0 unspecified atom stereocenters. The first kappa shape index (κ1) is 16.2. The van der Waals surface area contributed by atoms with Gasteiger partial charge in [0.1, 0.15) is 6.54 Å². The third kappa shape index (κ3) is 5.86. The number of halogens is 1. The predicted octanol–water partition coefficient (Wildman–Crippen LogP) is 1.91. The van der Waals surface area contributed by atoms with Gasteiger partial charge in [0.2, 0.25) is 5.91 Å². The Labute approximate surface area is 122 Å². The SMILES string of the molecule is COCCN(CC(=O)O)C(=O)C=Cc1cccc(Cl)c1. The molecule has 0 fully saturated rings. The number of aliphatic carboxylic acids is 1. The maximum atomic E-state index is 11.9. The third-order valence-electron chi connectivity index (χ3n) is 2.47. The number of rotatable bonds is 7. The lowest BCUT2D eigenvalue weighted by Crippen LogP contribution is -2.36. The van der Waals surface area contributed by atoms with Gasteiger partial charge in [0.05, 0.1) is 6.61 Å². The minimum absolute atomic E-state index is 0.224. The summed E-state index contributed by atoms with van der Waals surface area (Å²) in [5.41, 5.74) is 0.771. The van der Waals surface area contributed by atoms with E-state index in [-0.39, 0.29) is 25.6 Å². The number of methoxy groups -OCH3 is 1. The number of carboxylic acid groups (broad SMARTS) is 1. The number of carbonyl (C=O) groups excluding carboxylic acids is 1. The van der Waals surface area contributed by atoms with E-state index >= 15 is 0 Å². The second-order valence-corrected chi connectivity index (χ2v) is 4.47. The highest BCUT2D eigenvalue weighted by Crippen LogP contribution is 2.12. The van der Waals surface area contributed by atoms with Gasteiger partial charge in [-0.05, 0) is 23.8 Å². The number of amides is 1. The summed E-state index contributed by atoms with van der Waals surface area (Å²) in [5.74, 6) is -1.45. The molecule has 0 aliphatic carbocycles. The van der Waals surface area contributed by atoms with Crippen molar-refractivity contribution >= 4 is 29.6 Å². The Balaban J connectivity index is 2.71. The Morgan fingerprint density at radius 1 is 1.45 bits per heavy atom. The van der Waals surface area contributed by atoms with Gasteiger partial charge >= 0.3 is 5.97 Å². The molecule has 1 N–H and O–H groups in total. The van der Waals surface area contributed by atoms with Gasteiger partial charge in [-0.2, -0.15) is 0 Å². The average Bonchev–Trinajstić information content (AvgIpc) is 2.40. The Hall–Kier alpha value is -1.85. The molecule has 0 saturated heterocycles. The van der Waals surface area contributed by atoms with Crippen molar-refractivity contribution in [2.24, 2.45) is 0 Å². The van der Waals surface area contributed by atoms with Crippen molar-refractivity contribution in [2.75, 3.05) is 26.8 Å². The fourth-order valence-corrected chi connectivity index (χ4v) is 1.71. The van der Waals surface area contributed by atoms with E-state index in [1.54, 1.807) is 30.3 Å². The summed E-state index contributed by atoms with van der Waals surface area (Å²) in [6.45, 7) is 0.146. The van der Waals surface area contributed by atoms with Crippen LogP contribution in [0.2, 0.25) is 5.02 Å². The third-order valence-corrected chi connectivity index (χ3v) is 2.71. The van der Waals surface area contributed by atoms with Gasteiger partial charge in [-0.1, -0.05) is 23.7 Å². The number of nitrogens with zero attached hydrogens (tertiary/aromatic N) is 1. The van der Waals surface area contributed by atoms with Crippen LogP contribution >= 0.6 is 11.6 Å². The van der Waals surface area contributed by atoms with Crippen LogP contribution < -0.4 is 0 Å². The van der Waals surface area contributed by atoms with Gasteiger partial charge in [-0.25, -0.2) is 0 Å². The maximum Gasteiger partial charge on any atom is 0.323 e. The summed E-state index contributed by atoms with van der Waals surface area (Å²) in [5, 5.41) is 9.35. The molecule has 5 nitrogen and oxygen atoms in total. The van der Waals surface area contributed by atoms with Gasteiger partial charge in [0, 0.05) is 24.8 Å². The van der Waals surface area contributed by atoms with E-state index in [1.807, 2.05) is 0 Å². The molecule has 0 heterocycles. The fourth-order valence-electron chi connectivity index (χ4n) is 1.52. The molecule has 0 aliphatic rings. The Morgan fingerprint density at radius 2 is 2.20 bits per heavy atom. The fraction of sp³-hybridized carbons (Fsp3) is 0.286. The molecule has 1 rings (SSSR count). The van der Waals surface area contributed by atoms with E-state index in [1.165, 1.54) is 18.1 Å². The molecule has 0 atom stereocenters. The van der Waals surface area contributed by atoms with E-state index < -0.39 is 5.97 Å². The monoisotopic (exact) mass is 297 g/mol. The molecule has 0 bridgehead atoms. The van der Waals surface area contributed by atoms with Crippen LogP contribution in [-0.2, 0) is 14.3 Å². The van der Waals surface area contributed by atoms with Crippen LogP contribution in [0.3, 0.4) is 0 Å². The second kappa shape index (κ2) is 8.35. The van der Waals surface area contributed by atoms with Crippen LogP contribution in [0.1, 0.15) is 5.56 Å². The maximum absolute atomic E-state index is 11.9. The molecule has 1 aromatic carbocycles. The van der Waals surface area contributed by atoms with Crippen LogP contribution in [0.5, 0.6) is 0 Å². The quantitative estimate of drug-likeness (QED) is 0.781. The highest BCUT2D eigenvalue weighted by atomic mass is 35.5. The second-order valence-electron chi connectivity index (χ2n) is 4.03. The first-order valence-corrected chi connectivity index (χ1v) is 6.34. The molecule has 20 heavy (non-hydrogen) atoms. The smallest absolute Gasteiger partial charge is 0.323 e. The molecule has 1 amide bonds. The van der Waals surface area contributed by atoms with Crippen molar-refractivity contribution in [3.63, 3.8) is 0 Å². The van der Waals surface area contributed by atoms with Crippen molar-refractivity contribution in [1.29, 1.82) is 0 Å². The van der Waals surface area contributed by atoms with Crippen LogP contribution in [0, 0.1) is 0 Å². The highest BCUT2D eigenvalue weighted by Gasteiger charge is 2.13. The molecule has 6 heteroatoms. The minimum Gasteiger partial charge on any atom is -0.480 e. The van der Waals surface area contributed by atoms with Crippen molar-refractivity contribution in [1.82, 2.24) is 4.90 Å². The van der Waals surface area contributed by atoms with Gasteiger partial charge in [-0.15, -0.1) is 0 Å². The molecule has 0 radical (unpaired) electrons. The van der Waals surface area contributed by atoms with E-state index in [2.05, 4.69) is 0 Å². The lowest BCUT2D eigenvalue weighted by molar-refractivity contribution is -0.143. The number of hydrogen-bond donors (Lipinski definition) is 1. The lowest BCUT2D eigenvalue weighted by atomic mass is 10.2. The molecule has 0 aliphatic heterocycles. The standard InChI is InChI=1S/C14H16ClNO4/c1-20-8-7-16(10-14(18)19)13(17)6-5-11-3-2-4-12(15)9-11/h2-6,9H,7-8,10H2,1H3,(H,18,19). The molecular formula is C14H16ClNO4. The minimum atomic E-state index is -1.06. The van der Waals surface area contributed by atoms with Crippen LogP contribution in [-0.4, -0.2) is 48.7 Å². The van der Waals surface area contributed by atoms with Crippen molar-refractivity contribution in [3.05, 3.63) is 40.9 Å². The number of carboxylic acids is 1. The Kier molecular flexibility index (Phi) is 6.76. The van der Waals surface area contributed by atoms with E-state index in [9.17, 15) is 9.59 Å². The number of hydrogen-bond acceptors (Lipinski definition) is 3. The normalized spacial score (nSPS) is 10.7. The van der Waals surface area contributed by atoms with Gasteiger partial charge < -0.3 is 14.7 Å². The van der Waals surface area contributed by atoms with Crippen molar-refractivity contribution in [2.45, 2.75) is 0 Å². The van der Waals surface area contributed by atoms with Crippen molar-refractivity contribution < 1.29 is 19.4 Å². The van der Waals surface area contributed by atoms with E-state index in [0.29, 0.717) is 5.02 Å². The summed E-state index contributed by atoms with van der Waals surface area (Å²) >= 11 is 5.84. The Bertz CT molecular complexity index is 502. The number of carbonyl (C=O) groups is 2. The van der Waals surface area contributed by atoms with E-state index in [4.69, 9.17) is 21.4 Å². The molecular weight excluding hydrogens is 282 g/mol. The Morgan fingerprint density at radius 3 is 2.80 bits per heavy atom. The molecule has 0 spiro atoms. The first-order valence-electron chi connectivity index (χ1n) is 5.96. The molecule has 108 valence electrons. The molecule has 1 aromatic rings. The van der Waals surface area contributed by atoms with Crippen LogP contribution in [0.15, 0.2) is 30.3 Å². The highest BCUT2D eigenvalue weighted by molar-refractivity contribution is 6.30. The summed E-state index contributed by atoms with van der Waals surface area (Å²) in [6.07, 6.45) is 2.92. The number of benzene rings is 1. The molecule has 0 aromatic heterocycles. The zero-order chi connectivity index (χ0) is 15.0. The van der Waals surface area contributed by atoms with Crippen LogP contribution in [0.25, 0.3) is 6.08 Å². The predicted molar refractivity (Wildman–Crippen MR) is 76.6 cm³/mol. The average molecular weight is 298 g/mol. The first-order chi connectivity index (χ1) is 9.52. The molecule has 0 saturated carbocycles. The van der Waals surface area contributed by atoms with E-state index in [0.717, 1.165) is 5.56 Å². The number of ether oxygens (including phenoxy) is 1. The zero-order valence-electron chi connectivity index (χ0n) is 11.1. The summed E-state index contributed by atoms with van der Waals surface area (Å²) in [6, 6.07) is 7.01.